The van der Waals surface area contributed by atoms with Crippen LogP contribution in [0.4, 0.5) is 5.69 Å². The maximum absolute atomic E-state index is 5.64. The van der Waals surface area contributed by atoms with Crippen molar-refractivity contribution in [1.29, 1.82) is 0 Å². The first-order valence-electron chi connectivity index (χ1n) is 6.43. The summed E-state index contributed by atoms with van der Waals surface area (Å²) in [4.78, 5) is 5.04. The quantitative estimate of drug-likeness (QED) is 0.828. The van der Waals surface area contributed by atoms with Crippen LogP contribution in [0.1, 0.15) is 13.8 Å². The van der Waals surface area contributed by atoms with Gasteiger partial charge in [-0.05, 0) is 13.5 Å². The Morgan fingerprint density at radius 3 is 2.82 bits per heavy atom. The van der Waals surface area contributed by atoms with Crippen LogP contribution in [0.25, 0.3) is 0 Å². The first-order valence-corrected chi connectivity index (χ1v) is 6.43. The van der Waals surface area contributed by atoms with Crippen LogP contribution in [0, 0.1) is 0 Å². The van der Waals surface area contributed by atoms with Gasteiger partial charge >= 0.3 is 0 Å². The van der Waals surface area contributed by atoms with E-state index in [9.17, 15) is 0 Å². The van der Waals surface area contributed by atoms with Crippen molar-refractivity contribution in [2.45, 2.75) is 26.4 Å². The molecule has 0 saturated carbocycles. The van der Waals surface area contributed by atoms with Gasteiger partial charge in [-0.15, -0.1) is 0 Å². The molecule has 1 fully saturated rings. The molecule has 96 valence electrons. The molecule has 1 aliphatic rings. The van der Waals surface area contributed by atoms with Gasteiger partial charge in [-0.3, -0.25) is 14.5 Å². The highest BCUT2D eigenvalue weighted by Crippen LogP contribution is 2.09. The molecule has 2 rings (SSSR count). The zero-order valence-corrected chi connectivity index (χ0v) is 10.8. The zero-order valence-electron chi connectivity index (χ0n) is 10.8. The van der Waals surface area contributed by atoms with Crippen LogP contribution >= 0.6 is 0 Å². The van der Waals surface area contributed by atoms with Crippen molar-refractivity contribution in [3.05, 3.63) is 12.4 Å². The molecule has 0 aliphatic carbocycles. The topological polar surface area (TPSA) is 50.3 Å². The average Bonchev–Trinajstić information content (AvgIpc) is 2.73. The van der Waals surface area contributed by atoms with Crippen molar-refractivity contribution in [2.24, 2.45) is 0 Å². The van der Waals surface area contributed by atoms with Gasteiger partial charge in [0.2, 0.25) is 0 Å². The molecule has 0 amide bonds. The lowest BCUT2D eigenvalue weighted by Gasteiger charge is -2.39. The Morgan fingerprint density at radius 1 is 1.41 bits per heavy atom. The van der Waals surface area contributed by atoms with Crippen LogP contribution in [0.5, 0.6) is 0 Å². The summed E-state index contributed by atoms with van der Waals surface area (Å²) < 4.78 is 1.92. The standard InChI is InChI=1S/C12H23N5/c1-3-16-6-4-15(9-11(16)2)5-7-17-10-12(13)8-14-17/h8,10-11H,3-7,9,13H2,1-2H3. The summed E-state index contributed by atoms with van der Waals surface area (Å²) in [5, 5.41) is 4.20. The van der Waals surface area contributed by atoms with Gasteiger partial charge < -0.3 is 5.73 Å². The van der Waals surface area contributed by atoms with Gasteiger partial charge in [-0.25, -0.2) is 0 Å². The molecule has 1 atom stereocenters. The summed E-state index contributed by atoms with van der Waals surface area (Å²) in [5.74, 6) is 0. The minimum atomic E-state index is 0.663. The van der Waals surface area contributed by atoms with Gasteiger partial charge in [-0.1, -0.05) is 6.92 Å². The molecular weight excluding hydrogens is 214 g/mol. The maximum atomic E-state index is 5.64. The number of piperazine rings is 1. The van der Waals surface area contributed by atoms with E-state index in [1.54, 1.807) is 6.20 Å². The largest absolute Gasteiger partial charge is 0.396 e. The van der Waals surface area contributed by atoms with E-state index < -0.39 is 0 Å². The molecule has 1 saturated heterocycles. The molecule has 1 aliphatic heterocycles. The molecule has 5 heteroatoms. The number of nitrogens with zero attached hydrogens (tertiary/aromatic N) is 4. The molecule has 2 heterocycles. The second kappa shape index (κ2) is 5.51. The van der Waals surface area contributed by atoms with Crippen molar-refractivity contribution in [3.63, 3.8) is 0 Å². The van der Waals surface area contributed by atoms with Crippen LogP contribution < -0.4 is 5.73 Å². The van der Waals surface area contributed by atoms with Crippen LogP contribution in [-0.4, -0.2) is 58.3 Å². The molecule has 17 heavy (non-hydrogen) atoms. The van der Waals surface area contributed by atoms with E-state index in [2.05, 4.69) is 28.7 Å². The molecule has 1 aromatic heterocycles. The lowest BCUT2D eigenvalue weighted by atomic mass is 10.2. The Kier molecular flexibility index (Phi) is 4.02. The minimum absolute atomic E-state index is 0.663. The Bertz CT molecular complexity index is 348. The molecule has 5 nitrogen and oxygen atoms in total. The summed E-state index contributed by atoms with van der Waals surface area (Å²) in [6.07, 6.45) is 3.60. The summed E-state index contributed by atoms with van der Waals surface area (Å²) in [6, 6.07) is 0.663. The molecule has 0 spiro atoms. The summed E-state index contributed by atoms with van der Waals surface area (Å²) in [6.45, 7) is 11.2. The minimum Gasteiger partial charge on any atom is -0.396 e. The Balaban J connectivity index is 1.77. The monoisotopic (exact) mass is 237 g/mol. The fourth-order valence-electron chi connectivity index (χ4n) is 2.49. The average molecular weight is 237 g/mol. The highest BCUT2D eigenvalue weighted by atomic mass is 15.3. The van der Waals surface area contributed by atoms with E-state index in [0.29, 0.717) is 6.04 Å². The molecule has 0 radical (unpaired) electrons. The van der Waals surface area contributed by atoms with E-state index >= 15 is 0 Å². The lowest BCUT2D eigenvalue weighted by Crippen LogP contribution is -2.52. The number of rotatable bonds is 4. The Morgan fingerprint density at radius 2 is 2.24 bits per heavy atom. The number of hydrogen-bond acceptors (Lipinski definition) is 4. The molecule has 1 unspecified atom stereocenters. The molecule has 2 N–H and O–H groups in total. The second-order valence-corrected chi connectivity index (χ2v) is 4.81. The van der Waals surface area contributed by atoms with E-state index in [-0.39, 0.29) is 0 Å². The van der Waals surface area contributed by atoms with Crippen LogP contribution in [-0.2, 0) is 6.54 Å². The van der Waals surface area contributed by atoms with E-state index in [1.807, 2.05) is 10.9 Å². The summed E-state index contributed by atoms with van der Waals surface area (Å²) in [7, 11) is 0. The number of nitrogens with two attached hydrogens (primary N) is 1. The molecule has 0 aromatic carbocycles. The third-order valence-corrected chi connectivity index (χ3v) is 3.55. The third-order valence-electron chi connectivity index (χ3n) is 3.55. The Hall–Kier alpha value is -1.07. The number of anilines is 1. The lowest BCUT2D eigenvalue weighted by molar-refractivity contribution is 0.0851. The molecule has 0 bridgehead atoms. The van der Waals surface area contributed by atoms with E-state index in [4.69, 9.17) is 5.73 Å². The van der Waals surface area contributed by atoms with Gasteiger partial charge in [0, 0.05) is 38.4 Å². The van der Waals surface area contributed by atoms with Crippen LogP contribution in [0.2, 0.25) is 0 Å². The summed E-state index contributed by atoms with van der Waals surface area (Å²) in [5.41, 5.74) is 6.39. The fraction of sp³-hybridized carbons (Fsp3) is 0.750. The first-order chi connectivity index (χ1) is 8.19. The maximum Gasteiger partial charge on any atom is 0.0719 e. The highest BCUT2D eigenvalue weighted by molar-refractivity contribution is 5.30. The van der Waals surface area contributed by atoms with Gasteiger partial charge in [0.05, 0.1) is 18.4 Å². The van der Waals surface area contributed by atoms with Crippen molar-refractivity contribution >= 4 is 5.69 Å². The summed E-state index contributed by atoms with van der Waals surface area (Å²) >= 11 is 0. The zero-order chi connectivity index (χ0) is 12.3. The van der Waals surface area contributed by atoms with Crippen molar-refractivity contribution in [2.75, 3.05) is 38.5 Å². The van der Waals surface area contributed by atoms with Gasteiger partial charge in [0.25, 0.3) is 0 Å². The number of nitrogen functional groups attached to an aromatic ring is 1. The predicted molar refractivity (Wildman–Crippen MR) is 69.8 cm³/mol. The second-order valence-electron chi connectivity index (χ2n) is 4.81. The SMILES string of the molecule is CCN1CCN(CCn2cc(N)cn2)CC1C. The third kappa shape index (κ3) is 3.20. The van der Waals surface area contributed by atoms with Crippen molar-refractivity contribution in [1.82, 2.24) is 19.6 Å². The number of likely N-dealkylation sites (N-methyl/N-ethyl adjacent to an activating group) is 1. The van der Waals surface area contributed by atoms with Gasteiger partial charge in [-0.2, -0.15) is 5.10 Å². The van der Waals surface area contributed by atoms with Crippen molar-refractivity contribution < 1.29 is 0 Å². The highest BCUT2D eigenvalue weighted by Gasteiger charge is 2.21. The number of aromatic nitrogens is 2. The van der Waals surface area contributed by atoms with Crippen LogP contribution in [0.15, 0.2) is 12.4 Å². The number of hydrogen-bond donors (Lipinski definition) is 1. The van der Waals surface area contributed by atoms with Gasteiger partial charge in [0.15, 0.2) is 0 Å². The normalized spacial score (nSPS) is 23.1. The van der Waals surface area contributed by atoms with Crippen molar-refractivity contribution in [3.8, 4) is 0 Å². The van der Waals surface area contributed by atoms with E-state index in [1.165, 1.54) is 6.54 Å². The Labute approximate surface area is 103 Å². The van der Waals surface area contributed by atoms with Crippen LogP contribution in [0.3, 0.4) is 0 Å². The predicted octanol–water partition coefficient (Wildman–Crippen LogP) is 0.491. The first kappa shape index (κ1) is 12.4. The smallest absolute Gasteiger partial charge is 0.0719 e. The van der Waals surface area contributed by atoms with E-state index in [0.717, 1.165) is 38.4 Å². The molecule has 1 aromatic rings. The fourth-order valence-corrected chi connectivity index (χ4v) is 2.49. The van der Waals surface area contributed by atoms with Gasteiger partial charge in [0.1, 0.15) is 0 Å². The molecular formula is C12H23N5.